The van der Waals surface area contributed by atoms with Gasteiger partial charge in [-0.1, -0.05) is 23.8 Å². The van der Waals surface area contributed by atoms with Crippen molar-refractivity contribution >= 4 is 0 Å². The topological polar surface area (TPSA) is 17.8 Å². The molecule has 1 heterocycles. The fourth-order valence-electron chi connectivity index (χ4n) is 1.50. The Kier molecular flexibility index (Phi) is 2.49. The van der Waals surface area contributed by atoms with Gasteiger partial charge in [0, 0.05) is 11.8 Å². The van der Waals surface area contributed by atoms with Gasteiger partial charge in [-0.15, -0.1) is 0 Å². The van der Waals surface area contributed by atoms with E-state index in [2.05, 4.69) is 5.10 Å². The molecule has 1 aromatic heterocycles. The lowest BCUT2D eigenvalue weighted by Crippen LogP contribution is -2.02. The Bertz CT molecular complexity index is 463. The molecule has 2 rings (SSSR count). The fourth-order valence-corrected chi connectivity index (χ4v) is 1.50. The molecular formula is C11H10F2N2. The van der Waals surface area contributed by atoms with Crippen LogP contribution in [0.3, 0.4) is 0 Å². The Morgan fingerprint density at radius 3 is 2.73 bits per heavy atom. The smallest absolute Gasteiger partial charge is 0.204 e. The van der Waals surface area contributed by atoms with Crippen molar-refractivity contribution in [2.45, 2.75) is 13.5 Å². The summed E-state index contributed by atoms with van der Waals surface area (Å²) in [6.07, 6.45) is 1.38. The second kappa shape index (κ2) is 3.81. The highest BCUT2D eigenvalue weighted by Crippen LogP contribution is 2.23. The number of nitrogens with zero attached hydrogens (tertiary/aromatic N) is 2. The van der Waals surface area contributed by atoms with E-state index in [9.17, 15) is 8.78 Å². The van der Waals surface area contributed by atoms with Gasteiger partial charge in [0.05, 0.1) is 5.69 Å². The van der Waals surface area contributed by atoms with Crippen molar-refractivity contribution in [3.05, 3.63) is 42.1 Å². The average Bonchev–Trinajstić information content (AvgIpc) is 2.65. The summed E-state index contributed by atoms with van der Waals surface area (Å²) in [4.78, 5) is 0. The number of halogens is 2. The molecule has 4 heteroatoms. The lowest BCUT2D eigenvalue weighted by Gasteiger charge is -2.06. The highest BCUT2D eigenvalue weighted by Gasteiger charge is 2.12. The van der Waals surface area contributed by atoms with Gasteiger partial charge < -0.3 is 0 Å². The molecule has 2 nitrogen and oxygen atoms in total. The Hall–Kier alpha value is -1.71. The molecule has 0 bridgehead atoms. The van der Waals surface area contributed by atoms with Crippen molar-refractivity contribution in [3.8, 4) is 11.3 Å². The van der Waals surface area contributed by atoms with Crippen molar-refractivity contribution in [1.82, 2.24) is 9.78 Å². The summed E-state index contributed by atoms with van der Waals surface area (Å²) in [5.41, 5.74) is 2.23. The molecule has 0 atom stereocenters. The minimum atomic E-state index is -2.60. The van der Waals surface area contributed by atoms with E-state index < -0.39 is 6.55 Å². The molecule has 0 aliphatic heterocycles. The zero-order valence-corrected chi connectivity index (χ0v) is 8.19. The maximum absolute atomic E-state index is 12.5. The minimum Gasteiger partial charge on any atom is -0.204 e. The monoisotopic (exact) mass is 208 g/mol. The first kappa shape index (κ1) is 9.83. The molecule has 1 aromatic carbocycles. The Morgan fingerprint density at radius 1 is 1.27 bits per heavy atom. The van der Waals surface area contributed by atoms with Gasteiger partial charge >= 0.3 is 6.55 Å². The van der Waals surface area contributed by atoms with Crippen LogP contribution in [-0.4, -0.2) is 9.78 Å². The quantitative estimate of drug-likeness (QED) is 0.740. The van der Waals surface area contributed by atoms with Crippen molar-refractivity contribution in [2.24, 2.45) is 0 Å². The van der Waals surface area contributed by atoms with Crippen LogP contribution in [0.2, 0.25) is 0 Å². The summed E-state index contributed by atoms with van der Waals surface area (Å²) in [5.74, 6) is 0. The summed E-state index contributed by atoms with van der Waals surface area (Å²) < 4.78 is 25.8. The van der Waals surface area contributed by atoms with E-state index in [1.165, 1.54) is 6.20 Å². The number of aryl methyl sites for hydroxylation is 1. The summed E-state index contributed by atoms with van der Waals surface area (Å²) in [5, 5.41) is 3.59. The third-order valence-corrected chi connectivity index (χ3v) is 2.17. The molecule has 0 radical (unpaired) electrons. The molecule has 15 heavy (non-hydrogen) atoms. The molecule has 0 amide bonds. The van der Waals surface area contributed by atoms with E-state index in [1.54, 1.807) is 12.1 Å². The minimum absolute atomic E-state index is 0.439. The molecule has 0 spiro atoms. The van der Waals surface area contributed by atoms with Crippen molar-refractivity contribution < 1.29 is 8.78 Å². The first-order valence-corrected chi connectivity index (χ1v) is 4.57. The summed E-state index contributed by atoms with van der Waals surface area (Å²) in [6, 6.07) is 9.00. The summed E-state index contributed by atoms with van der Waals surface area (Å²) in [7, 11) is 0. The molecule has 0 saturated heterocycles. The van der Waals surface area contributed by atoms with Crippen LogP contribution >= 0.6 is 0 Å². The molecule has 0 aliphatic rings. The number of hydrogen-bond acceptors (Lipinski definition) is 1. The van der Waals surface area contributed by atoms with E-state index in [0.29, 0.717) is 5.69 Å². The van der Waals surface area contributed by atoms with E-state index in [4.69, 9.17) is 0 Å². The third kappa shape index (κ3) is 1.88. The van der Waals surface area contributed by atoms with Gasteiger partial charge in [0.2, 0.25) is 0 Å². The maximum atomic E-state index is 12.5. The summed E-state index contributed by atoms with van der Waals surface area (Å²) in [6.45, 7) is -0.678. The normalized spacial score (nSPS) is 10.9. The number of rotatable bonds is 2. The van der Waals surface area contributed by atoms with Crippen LogP contribution in [0.4, 0.5) is 8.78 Å². The standard InChI is InChI=1S/C11H10F2N2/c1-8-3-2-4-9(7-8)10-5-6-14-15(10)11(12)13/h2-7,11H,1H3. The van der Waals surface area contributed by atoms with Gasteiger partial charge in [-0.05, 0) is 19.1 Å². The molecule has 0 saturated carbocycles. The van der Waals surface area contributed by atoms with Crippen LogP contribution < -0.4 is 0 Å². The number of hydrogen-bond donors (Lipinski definition) is 0. The van der Waals surface area contributed by atoms with Crippen molar-refractivity contribution in [3.63, 3.8) is 0 Å². The molecule has 0 unspecified atom stereocenters. The second-order valence-corrected chi connectivity index (χ2v) is 3.31. The molecule has 0 fully saturated rings. The number of aromatic nitrogens is 2. The number of alkyl halides is 2. The van der Waals surface area contributed by atoms with Gasteiger partial charge in [0.15, 0.2) is 0 Å². The van der Waals surface area contributed by atoms with Crippen molar-refractivity contribution in [1.29, 1.82) is 0 Å². The zero-order chi connectivity index (χ0) is 10.8. The Labute approximate surface area is 86.2 Å². The van der Waals surface area contributed by atoms with E-state index >= 15 is 0 Å². The van der Waals surface area contributed by atoms with Gasteiger partial charge in [-0.25, -0.2) is 4.68 Å². The highest BCUT2D eigenvalue weighted by molar-refractivity contribution is 5.60. The Balaban J connectivity index is 2.49. The maximum Gasteiger partial charge on any atom is 0.333 e. The average molecular weight is 208 g/mol. The predicted octanol–water partition coefficient (Wildman–Crippen LogP) is 3.25. The lowest BCUT2D eigenvalue weighted by atomic mass is 10.1. The molecule has 78 valence electrons. The van der Waals surface area contributed by atoms with Crippen LogP contribution in [0.5, 0.6) is 0 Å². The van der Waals surface area contributed by atoms with Crippen LogP contribution in [0.25, 0.3) is 11.3 Å². The van der Waals surface area contributed by atoms with E-state index in [0.717, 1.165) is 15.8 Å². The van der Waals surface area contributed by atoms with Crippen LogP contribution in [0.1, 0.15) is 12.1 Å². The first-order chi connectivity index (χ1) is 7.18. The van der Waals surface area contributed by atoms with Crippen LogP contribution in [0.15, 0.2) is 36.5 Å². The summed E-state index contributed by atoms with van der Waals surface area (Å²) >= 11 is 0. The van der Waals surface area contributed by atoms with Crippen LogP contribution in [0, 0.1) is 6.92 Å². The fraction of sp³-hybridized carbons (Fsp3) is 0.182. The zero-order valence-electron chi connectivity index (χ0n) is 8.19. The molecular weight excluding hydrogens is 198 g/mol. The molecule has 0 aliphatic carbocycles. The predicted molar refractivity (Wildman–Crippen MR) is 53.7 cm³/mol. The van der Waals surface area contributed by atoms with Crippen LogP contribution in [-0.2, 0) is 0 Å². The van der Waals surface area contributed by atoms with Gasteiger partial charge in [0.1, 0.15) is 0 Å². The SMILES string of the molecule is Cc1cccc(-c2ccnn2C(F)F)c1. The van der Waals surface area contributed by atoms with E-state index in [1.807, 2.05) is 25.1 Å². The van der Waals surface area contributed by atoms with Gasteiger partial charge in [-0.3, -0.25) is 0 Å². The molecule has 0 N–H and O–H groups in total. The Morgan fingerprint density at radius 2 is 2.07 bits per heavy atom. The molecule has 2 aromatic rings. The van der Waals surface area contributed by atoms with Gasteiger partial charge in [0.25, 0.3) is 0 Å². The van der Waals surface area contributed by atoms with Gasteiger partial charge in [-0.2, -0.15) is 13.9 Å². The second-order valence-electron chi connectivity index (χ2n) is 3.31. The van der Waals surface area contributed by atoms with Crippen molar-refractivity contribution in [2.75, 3.05) is 0 Å². The third-order valence-electron chi connectivity index (χ3n) is 2.17. The highest BCUT2D eigenvalue weighted by atomic mass is 19.3. The van der Waals surface area contributed by atoms with E-state index in [-0.39, 0.29) is 0 Å². The largest absolute Gasteiger partial charge is 0.333 e. The lowest BCUT2D eigenvalue weighted by molar-refractivity contribution is 0.0585. The first-order valence-electron chi connectivity index (χ1n) is 4.57. The number of benzene rings is 1.